The standard InChI is InChI=1S/C13H9BrClF3N2O/c1-20-6-7(14)4-11(20)12(21)19-8-2-3-10(15)9(5-8)13(16,17)18/h2-6H,1H3,(H,19,21). The highest BCUT2D eigenvalue weighted by Crippen LogP contribution is 2.36. The highest BCUT2D eigenvalue weighted by Gasteiger charge is 2.33. The number of nitrogens with one attached hydrogen (secondary N) is 1. The molecule has 0 saturated heterocycles. The number of carbonyl (C=O) groups excluding carboxylic acids is 1. The summed E-state index contributed by atoms with van der Waals surface area (Å²) in [6.45, 7) is 0. The van der Waals surface area contributed by atoms with E-state index in [-0.39, 0.29) is 5.69 Å². The maximum absolute atomic E-state index is 12.7. The average molecular weight is 382 g/mol. The molecule has 1 aromatic carbocycles. The van der Waals surface area contributed by atoms with Crippen molar-refractivity contribution < 1.29 is 18.0 Å². The van der Waals surface area contributed by atoms with E-state index in [0.717, 1.165) is 12.1 Å². The van der Waals surface area contributed by atoms with Gasteiger partial charge in [-0.25, -0.2) is 0 Å². The van der Waals surface area contributed by atoms with Crippen molar-refractivity contribution in [2.24, 2.45) is 7.05 Å². The number of aryl methyl sites for hydroxylation is 1. The quantitative estimate of drug-likeness (QED) is 0.803. The van der Waals surface area contributed by atoms with E-state index in [0.29, 0.717) is 10.2 Å². The Balaban J connectivity index is 2.28. The molecule has 2 aromatic rings. The topological polar surface area (TPSA) is 34.0 Å². The van der Waals surface area contributed by atoms with Crippen LogP contribution in [0.4, 0.5) is 18.9 Å². The Morgan fingerprint density at radius 2 is 2.00 bits per heavy atom. The van der Waals surface area contributed by atoms with Gasteiger partial charge in [0.1, 0.15) is 5.69 Å². The Labute approximate surface area is 131 Å². The molecule has 0 bridgehead atoms. The molecular weight excluding hydrogens is 373 g/mol. The Morgan fingerprint density at radius 3 is 2.52 bits per heavy atom. The predicted molar refractivity (Wildman–Crippen MR) is 77.5 cm³/mol. The first-order valence-electron chi connectivity index (χ1n) is 5.68. The molecule has 21 heavy (non-hydrogen) atoms. The van der Waals surface area contributed by atoms with Gasteiger partial charge in [-0.2, -0.15) is 13.2 Å². The normalized spacial score (nSPS) is 11.5. The highest BCUT2D eigenvalue weighted by molar-refractivity contribution is 9.10. The minimum Gasteiger partial charge on any atom is -0.345 e. The highest BCUT2D eigenvalue weighted by atomic mass is 79.9. The first-order chi connectivity index (χ1) is 9.68. The van der Waals surface area contributed by atoms with Gasteiger partial charge in [-0.1, -0.05) is 11.6 Å². The lowest BCUT2D eigenvalue weighted by molar-refractivity contribution is -0.137. The number of nitrogens with zero attached hydrogens (tertiary/aromatic N) is 1. The molecule has 2 rings (SSSR count). The zero-order valence-corrected chi connectivity index (χ0v) is 13.0. The van der Waals surface area contributed by atoms with Crippen molar-refractivity contribution in [1.29, 1.82) is 0 Å². The fourth-order valence-corrected chi connectivity index (χ4v) is 2.51. The summed E-state index contributed by atoms with van der Waals surface area (Å²) in [6.07, 6.45) is -2.91. The van der Waals surface area contributed by atoms with Crippen LogP contribution < -0.4 is 5.32 Å². The molecule has 0 radical (unpaired) electrons. The summed E-state index contributed by atoms with van der Waals surface area (Å²) in [5.41, 5.74) is -0.658. The molecule has 0 aliphatic rings. The fourth-order valence-electron chi connectivity index (χ4n) is 1.77. The van der Waals surface area contributed by atoms with Gasteiger partial charge in [0, 0.05) is 23.4 Å². The Morgan fingerprint density at radius 1 is 1.33 bits per heavy atom. The lowest BCUT2D eigenvalue weighted by atomic mass is 10.2. The third kappa shape index (κ3) is 3.59. The summed E-state index contributed by atoms with van der Waals surface area (Å²) in [6, 6.07) is 4.78. The third-order valence-corrected chi connectivity index (χ3v) is 3.50. The van der Waals surface area contributed by atoms with Gasteiger partial charge in [-0.3, -0.25) is 4.79 Å². The van der Waals surface area contributed by atoms with Crippen LogP contribution in [0, 0.1) is 0 Å². The summed E-state index contributed by atoms with van der Waals surface area (Å²) < 4.78 is 40.5. The van der Waals surface area contributed by atoms with Gasteiger partial charge in [-0.05, 0) is 40.2 Å². The zero-order chi connectivity index (χ0) is 15.8. The molecule has 0 aliphatic carbocycles. The lowest BCUT2D eigenvalue weighted by Crippen LogP contribution is -2.16. The monoisotopic (exact) mass is 380 g/mol. The molecule has 1 amide bonds. The Hall–Kier alpha value is -1.47. The zero-order valence-electron chi connectivity index (χ0n) is 10.6. The van der Waals surface area contributed by atoms with E-state index in [4.69, 9.17) is 11.6 Å². The van der Waals surface area contributed by atoms with E-state index in [9.17, 15) is 18.0 Å². The molecule has 1 aromatic heterocycles. The second-order valence-electron chi connectivity index (χ2n) is 4.30. The average Bonchev–Trinajstić information content (AvgIpc) is 2.69. The molecule has 0 spiro atoms. The number of carbonyl (C=O) groups is 1. The van der Waals surface area contributed by atoms with E-state index in [1.165, 1.54) is 6.07 Å². The lowest BCUT2D eigenvalue weighted by Gasteiger charge is -2.12. The van der Waals surface area contributed by atoms with Gasteiger partial charge in [0.15, 0.2) is 0 Å². The summed E-state index contributed by atoms with van der Waals surface area (Å²) in [5, 5.41) is 2.00. The van der Waals surface area contributed by atoms with Gasteiger partial charge < -0.3 is 9.88 Å². The summed E-state index contributed by atoms with van der Waals surface area (Å²) in [7, 11) is 1.66. The van der Waals surface area contributed by atoms with Crippen LogP contribution in [-0.2, 0) is 13.2 Å². The fraction of sp³-hybridized carbons (Fsp3) is 0.154. The number of aromatic nitrogens is 1. The van der Waals surface area contributed by atoms with Crippen LogP contribution >= 0.6 is 27.5 Å². The van der Waals surface area contributed by atoms with Crippen LogP contribution in [0.3, 0.4) is 0 Å². The number of hydrogen-bond donors (Lipinski definition) is 1. The van der Waals surface area contributed by atoms with Crippen LogP contribution in [0.2, 0.25) is 5.02 Å². The van der Waals surface area contributed by atoms with Crippen LogP contribution in [0.5, 0.6) is 0 Å². The number of benzene rings is 1. The van der Waals surface area contributed by atoms with Crippen molar-refractivity contribution >= 4 is 39.1 Å². The van der Waals surface area contributed by atoms with Crippen LogP contribution in [-0.4, -0.2) is 10.5 Å². The molecule has 0 unspecified atom stereocenters. The third-order valence-electron chi connectivity index (χ3n) is 2.73. The molecule has 3 nitrogen and oxygen atoms in total. The number of halogens is 5. The Bertz CT molecular complexity index is 697. The van der Waals surface area contributed by atoms with E-state index in [1.807, 2.05) is 0 Å². The van der Waals surface area contributed by atoms with Crippen molar-refractivity contribution in [3.8, 4) is 0 Å². The maximum Gasteiger partial charge on any atom is 0.417 e. The molecule has 1 N–H and O–H groups in total. The first kappa shape index (κ1) is 15.9. The second-order valence-corrected chi connectivity index (χ2v) is 5.62. The van der Waals surface area contributed by atoms with Crippen molar-refractivity contribution in [3.05, 3.63) is 51.2 Å². The molecule has 0 aliphatic heterocycles. The van der Waals surface area contributed by atoms with E-state index >= 15 is 0 Å². The van der Waals surface area contributed by atoms with Gasteiger partial charge >= 0.3 is 6.18 Å². The smallest absolute Gasteiger partial charge is 0.345 e. The molecule has 1 heterocycles. The van der Waals surface area contributed by atoms with Gasteiger partial charge in [0.05, 0.1) is 10.6 Å². The van der Waals surface area contributed by atoms with Gasteiger partial charge in [0.2, 0.25) is 0 Å². The van der Waals surface area contributed by atoms with E-state index < -0.39 is 22.7 Å². The van der Waals surface area contributed by atoms with Gasteiger partial charge in [-0.15, -0.1) is 0 Å². The van der Waals surface area contributed by atoms with Crippen molar-refractivity contribution in [1.82, 2.24) is 4.57 Å². The number of alkyl halides is 3. The number of hydrogen-bond acceptors (Lipinski definition) is 1. The molecule has 0 fully saturated rings. The minimum atomic E-state index is -4.58. The molecule has 112 valence electrons. The number of amides is 1. The maximum atomic E-state index is 12.7. The Kier molecular flexibility index (Phi) is 4.34. The summed E-state index contributed by atoms with van der Waals surface area (Å²) >= 11 is 8.74. The van der Waals surface area contributed by atoms with Gasteiger partial charge in [0.25, 0.3) is 5.91 Å². The summed E-state index contributed by atoms with van der Waals surface area (Å²) in [4.78, 5) is 12.0. The minimum absolute atomic E-state index is 0.0223. The molecule has 8 heteroatoms. The van der Waals surface area contributed by atoms with E-state index in [1.54, 1.807) is 23.9 Å². The second kappa shape index (κ2) is 5.73. The first-order valence-corrected chi connectivity index (χ1v) is 6.85. The van der Waals surface area contributed by atoms with E-state index in [2.05, 4.69) is 21.2 Å². The van der Waals surface area contributed by atoms with Crippen molar-refractivity contribution in [3.63, 3.8) is 0 Å². The predicted octanol–water partition coefficient (Wildman–Crippen LogP) is 4.71. The number of rotatable bonds is 2. The molecule has 0 saturated carbocycles. The van der Waals surface area contributed by atoms with Crippen LogP contribution in [0.15, 0.2) is 34.9 Å². The molecule has 0 atom stereocenters. The van der Waals surface area contributed by atoms with Crippen molar-refractivity contribution in [2.75, 3.05) is 5.32 Å². The largest absolute Gasteiger partial charge is 0.417 e. The van der Waals surface area contributed by atoms with Crippen LogP contribution in [0.25, 0.3) is 0 Å². The SMILES string of the molecule is Cn1cc(Br)cc1C(=O)Nc1ccc(Cl)c(C(F)(F)F)c1. The van der Waals surface area contributed by atoms with Crippen LogP contribution in [0.1, 0.15) is 16.1 Å². The van der Waals surface area contributed by atoms with Crippen molar-refractivity contribution in [2.45, 2.75) is 6.18 Å². The summed E-state index contributed by atoms with van der Waals surface area (Å²) in [5.74, 6) is -0.515. The molecular formula is C13H9BrClF3N2O. The number of anilines is 1.